The first-order valence-electron chi connectivity index (χ1n) is 14.4. The van der Waals surface area contributed by atoms with Crippen LogP contribution in [0.25, 0.3) is 0 Å². The van der Waals surface area contributed by atoms with Gasteiger partial charge < -0.3 is 14.8 Å². The molecule has 2 aliphatic carbocycles. The van der Waals surface area contributed by atoms with E-state index in [0.29, 0.717) is 45.1 Å². The molecule has 0 heterocycles. The van der Waals surface area contributed by atoms with Gasteiger partial charge in [-0.2, -0.15) is 0 Å². The number of hydrogen-bond donors (Lipinski definition) is 1. The summed E-state index contributed by atoms with van der Waals surface area (Å²) < 4.78 is 11.2. The van der Waals surface area contributed by atoms with E-state index < -0.39 is 5.41 Å². The Morgan fingerprint density at radius 2 is 1.41 bits per heavy atom. The van der Waals surface area contributed by atoms with Gasteiger partial charge in [0.1, 0.15) is 13.2 Å². The third-order valence-corrected chi connectivity index (χ3v) is 8.12. The molecule has 39 heavy (non-hydrogen) atoms. The van der Waals surface area contributed by atoms with Gasteiger partial charge in [0.05, 0.1) is 17.3 Å². The van der Waals surface area contributed by atoms with Crippen LogP contribution in [0.15, 0.2) is 72.8 Å². The molecule has 1 unspecified atom stereocenters. The van der Waals surface area contributed by atoms with Gasteiger partial charge in [0.2, 0.25) is 5.91 Å². The number of ether oxygens (including phenoxy) is 2. The summed E-state index contributed by atoms with van der Waals surface area (Å²) in [7, 11) is 0. The molecule has 2 aliphatic rings. The Bertz CT molecular complexity index is 1100. The van der Waals surface area contributed by atoms with Crippen LogP contribution < -0.4 is 5.32 Å². The lowest BCUT2D eigenvalue weighted by Gasteiger charge is -2.35. The average molecular weight is 532 g/mol. The first-order chi connectivity index (χ1) is 19.0. The Morgan fingerprint density at radius 1 is 0.846 bits per heavy atom. The highest BCUT2D eigenvalue weighted by Gasteiger charge is 2.43. The minimum absolute atomic E-state index is 0.0135. The normalized spacial score (nSPS) is 20.6. The van der Waals surface area contributed by atoms with Crippen molar-refractivity contribution in [2.45, 2.75) is 84.0 Å². The summed E-state index contributed by atoms with van der Waals surface area (Å²) in [6, 6.07) is 19.4. The lowest BCUT2D eigenvalue weighted by atomic mass is 9.74. The van der Waals surface area contributed by atoms with E-state index >= 15 is 0 Å². The molecular formula is C33H41NO5. The molecule has 0 aliphatic heterocycles. The van der Waals surface area contributed by atoms with Gasteiger partial charge in [-0.1, -0.05) is 86.2 Å². The fraction of sp³-hybridized carbons (Fsp3) is 0.485. The Labute approximate surface area is 232 Å². The zero-order chi connectivity index (χ0) is 27.5. The monoisotopic (exact) mass is 531 g/mol. The van der Waals surface area contributed by atoms with Crippen molar-refractivity contribution in [3.63, 3.8) is 0 Å². The summed E-state index contributed by atoms with van der Waals surface area (Å²) in [6.45, 7) is 2.59. The van der Waals surface area contributed by atoms with E-state index in [1.54, 1.807) is 0 Å². The SMILES string of the molecule is CCCC(CC1(C(=O)NC2CCC(C(=O)OCc3ccccc3)CC2)CC=CC1)C(=O)OCc1ccccc1. The van der Waals surface area contributed by atoms with Crippen molar-refractivity contribution < 1.29 is 23.9 Å². The summed E-state index contributed by atoms with van der Waals surface area (Å²) in [5, 5.41) is 3.28. The summed E-state index contributed by atoms with van der Waals surface area (Å²) >= 11 is 0. The Balaban J connectivity index is 1.28. The van der Waals surface area contributed by atoms with Gasteiger partial charge in [-0.25, -0.2) is 0 Å². The first kappa shape index (κ1) is 28.6. The molecule has 6 heteroatoms. The fourth-order valence-corrected chi connectivity index (χ4v) is 5.77. The average Bonchev–Trinajstić information content (AvgIpc) is 3.46. The second kappa shape index (κ2) is 14.1. The van der Waals surface area contributed by atoms with Crippen LogP contribution in [0.5, 0.6) is 0 Å². The zero-order valence-electron chi connectivity index (χ0n) is 23.0. The smallest absolute Gasteiger partial charge is 0.309 e. The molecule has 0 saturated heterocycles. The highest BCUT2D eigenvalue weighted by Crippen LogP contribution is 2.41. The van der Waals surface area contributed by atoms with Crippen LogP contribution in [0, 0.1) is 17.3 Å². The number of carbonyl (C=O) groups excluding carboxylic acids is 3. The Kier molecular flexibility index (Phi) is 10.3. The van der Waals surface area contributed by atoms with Gasteiger partial charge in [-0.15, -0.1) is 0 Å². The van der Waals surface area contributed by atoms with Crippen LogP contribution in [0.4, 0.5) is 0 Å². The van der Waals surface area contributed by atoms with Crippen molar-refractivity contribution >= 4 is 17.8 Å². The van der Waals surface area contributed by atoms with Crippen LogP contribution in [0.1, 0.15) is 75.8 Å². The molecule has 0 spiro atoms. The number of allylic oxidation sites excluding steroid dienone is 2. The molecule has 1 atom stereocenters. The predicted octanol–water partition coefficient (Wildman–Crippen LogP) is 6.29. The van der Waals surface area contributed by atoms with Crippen LogP contribution in [0.3, 0.4) is 0 Å². The zero-order valence-corrected chi connectivity index (χ0v) is 23.0. The molecule has 0 aromatic heterocycles. The second-order valence-electron chi connectivity index (χ2n) is 11.1. The quantitative estimate of drug-likeness (QED) is 0.257. The van der Waals surface area contributed by atoms with Crippen LogP contribution in [0.2, 0.25) is 0 Å². The number of esters is 2. The second-order valence-corrected chi connectivity index (χ2v) is 11.1. The standard InChI is InChI=1S/C33H41NO5/c1-2-11-28(31(36)39-24-26-14-7-4-8-15-26)22-33(20-9-10-21-33)32(37)34-29-18-16-27(17-19-29)30(35)38-23-25-12-5-3-6-13-25/h3-10,12-15,27-29H,2,11,16-24H2,1H3,(H,34,37). The van der Waals surface area contributed by atoms with E-state index in [4.69, 9.17) is 9.47 Å². The van der Waals surface area contributed by atoms with E-state index in [1.807, 2.05) is 60.7 Å². The minimum Gasteiger partial charge on any atom is -0.461 e. The number of rotatable bonds is 12. The van der Waals surface area contributed by atoms with E-state index in [9.17, 15) is 14.4 Å². The first-order valence-corrected chi connectivity index (χ1v) is 14.4. The van der Waals surface area contributed by atoms with E-state index in [2.05, 4.69) is 24.4 Å². The molecule has 1 N–H and O–H groups in total. The van der Waals surface area contributed by atoms with Gasteiger partial charge in [0, 0.05) is 6.04 Å². The van der Waals surface area contributed by atoms with Crippen molar-refractivity contribution in [2.75, 3.05) is 0 Å². The van der Waals surface area contributed by atoms with Crippen molar-refractivity contribution in [1.29, 1.82) is 0 Å². The summed E-state index contributed by atoms with van der Waals surface area (Å²) in [5.74, 6) is -0.817. The van der Waals surface area contributed by atoms with Crippen molar-refractivity contribution in [2.24, 2.45) is 17.3 Å². The van der Waals surface area contributed by atoms with Gasteiger partial charge in [0.15, 0.2) is 0 Å². The lowest BCUT2D eigenvalue weighted by Crippen LogP contribution is -2.47. The van der Waals surface area contributed by atoms with Crippen molar-refractivity contribution in [3.05, 3.63) is 83.9 Å². The maximum absolute atomic E-state index is 13.7. The van der Waals surface area contributed by atoms with Crippen LogP contribution in [-0.2, 0) is 37.1 Å². The van der Waals surface area contributed by atoms with Crippen molar-refractivity contribution in [3.8, 4) is 0 Å². The number of benzene rings is 2. The van der Waals surface area contributed by atoms with Crippen LogP contribution >= 0.6 is 0 Å². The highest BCUT2D eigenvalue weighted by atomic mass is 16.5. The number of carbonyl (C=O) groups is 3. The van der Waals surface area contributed by atoms with Gasteiger partial charge in [-0.3, -0.25) is 14.4 Å². The molecule has 1 saturated carbocycles. The number of nitrogens with one attached hydrogen (secondary N) is 1. The van der Waals surface area contributed by atoms with E-state index in [0.717, 1.165) is 30.4 Å². The topological polar surface area (TPSA) is 81.7 Å². The van der Waals surface area contributed by atoms with Gasteiger partial charge >= 0.3 is 11.9 Å². The molecule has 0 radical (unpaired) electrons. The Morgan fingerprint density at radius 3 is 1.97 bits per heavy atom. The summed E-state index contributed by atoms with van der Waals surface area (Å²) in [5.41, 5.74) is 1.31. The lowest BCUT2D eigenvalue weighted by molar-refractivity contribution is -0.152. The molecule has 2 aromatic rings. The van der Waals surface area contributed by atoms with Gasteiger partial charge in [-0.05, 0) is 62.5 Å². The largest absolute Gasteiger partial charge is 0.461 e. The fourth-order valence-electron chi connectivity index (χ4n) is 5.77. The third-order valence-electron chi connectivity index (χ3n) is 8.12. The maximum Gasteiger partial charge on any atom is 0.309 e. The molecular weight excluding hydrogens is 490 g/mol. The minimum atomic E-state index is -0.628. The molecule has 1 fully saturated rings. The molecule has 4 rings (SSSR count). The summed E-state index contributed by atoms with van der Waals surface area (Å²) in [6.07, 6.45) is 10.3. The number of amides is 1. The molecule has 6 nitrogen and oxygen atoms in total. The van der Waals surface area contributed by atoms with E-state index in [1.165, 1.54) is 0 Å². The maximum atomic E-state index is 13.7. The third kappa shape index (κ3) is 8.04. The predicted molar refractivity (Wildman–Crippen MR) is 150 cm³/mol. The van der Waals surface area contributed by atoms with Gasteiger partial charge in [0.25, 0.3) is 0 Å². The summed E-state index contributed by atoms with van der Waals surface area (Å²) in [4.78, 5) is 39.3. The van der Waals surface area contributed by atoms with Crippen LogP contribution in [-0.4, -0.2) is 23.9 Å². The molecule has 2 aromatic carbocycles. The molecule has 0 bridgehead atoms. The Hall–Kier alpha value is -3.41. The number of hydrogen-bond acceptors (Lipinski definition) is 5. The van der Waals surface area contributed by atoms with E-state index in [-0.39, 0.29) is 42.3 Å². The van der Waals surface area contributed by atoms with Crippen molar-refractivity contribution in [1.82, 2.24) is 5.32 Å². The highest BCUT2D eigenvalue weighted by molar-refractivity contribution is 5.85. The molecule has 1 amide bonds. The molecule has 208 valence electrons.